The maximum atomic E-state index is 11.7. The summed E-state index contributed by atoms with van der Waals surface area (Å²) in [7, 11) is 0. The number of nitro groups is 1. The lowest BCUT2D eigenvalue weighted by atomic mass is 10.2. The Morgan fingerprint density at radius 2 is 2.00 bits per heavy atom. The number of rotatable bonds is 8. The van der Waals surface area contributed by atoms with Crippen LogP contribution in [0.5, 0.6) is 0 Å². The van der Waals surface area contributed by atoms with Crippen molar-refractivity contribution in [3.8, 4) is 6.07 Å². The van der Waals surface area contributed by atoms with Crippen LogP contribution in [0.4, 0.5) is 28.4 Å². The molecule has 0 spiro atoms. The zero-order valence-electron chi connectivity index (χ0n) is 15.4. The third-order valence-corrected chi connectivity index (χ3v) is 4.11. The molecule has 0 unspecified atom stereocenters. The van der Waals surface area contributed by atoms with Crippen LogP contribution in [0.15, 0.2) is 46.6 Å². The quantitative estimate of drug-likeness (QED) is 0.220. The number of halogens is 1. The number of aliphatic hydroxyl groups is 1. The van der Waals surface area contributed by atoms with Crippen molar-refractivity contribution in [2.24, 2.45) is 10.2 Å². The van der Waals surface area contributed by atoms with Crippen molar-refractivity contribution in [1.82, 2.24) is 0 Å². The van der Waals surface area contributed by atoms with Crippen LogP contribution in [0.25, 0.3) is 0 Å². The minimum Gasteiger partial charge on any atom is -0.376 e. The van der Waals surface area contributed by atoms with E-state index >= 15 is 0 Å². The average molecular weight is 417 g/mol. The fraction of sp³-hybridized carbons (Fsp3) is 0.222. The molecule has 0 aromatic heterocycles. The van der Waals surface area contributed by atoms with Gasteiger partial charge in [-0.25, -0.2) is 0 Å². The predicted octanol–water partition coefficient (Wildman–Crippen LogP) is 3.84. The molecule has 0 radical (unpaired) electrons. The second-order valence-electron chi connectivity index (χ2n) is 5.65. The van der Waals surface area contributed by atoms with Gasteiger partial charge in [0.1, 0.15) is 30.1 Å². The Labute approximate surface area is 171 Å². The monoisotopic (exact) mass is 416 g/mol. The lowest BCUT2D eigenvalue weighted by molar-refractivity contribution is -0.384. The molecule has 2 aromatic carbocycles. The number of aliphatic hydroxyl groups excluding tert-OH is 1. The Morgan fingerprint density at radius 1 is 1.31 bits per heavy atom. The molecule has 2 N–H and O–H groups in total. The van der Waals surface area contributed by atoms with E-state index in [0.717, 1.165) is 6.07 Å². The van der Waals surface area contributed by atoms with Crippen molar-refractivity contribution < 1.29 is 14.8 Å². The average Bonchev–Trinajstić information content (AvgIpc) is 2.73. The van der Waals surface area contributed by atoms with Gasteiger partial charge in [-0.1, -0.05) is 0 Å². The van der Waals surface area contributed by atoms with E-state index in [1.165, 1.54) is 12.1 Å². The highest BCUT2D eigenvalue weighted by atomic mass is 35.5. The van der Waals surface area contributed by atoms with Gasteiger partial charge in [-0.05, 0) is 31.2 Å². The molecule has 0 fully saturated rings. The van der Waals surface area contributed by atoms with E-state index in [2.05, 4.69) is 15.5 Å². The summed E-state index contributed by atoms with van der Waals surface area (Å²) in [6, 6.07) is 10.4. The number of carbonyl (C=O) groups is 1. The van der Waals surface area contributed by atoms with Crippen LogP contribution in [0.2, 0.25) is 0 Å². The van der Waals surface area contributed by atoms with Crippen molar-refractivity contribution in [3.63, 3.8) is 0 Å². The number of non-ortho nitro benzene ring substituents is 1. The minimum absolute atomic E-state index is 0.0108. The SMILES string of the molecule is CCN(CO)c1ccc(N=Nc2ccc([N+](=O)[O-])cc2C#N)c(NC(=O)CCl)c1. The van der Waals surface area contributed by atoms with Gasteiger partial charge in [-0.15, -0.1) is 21.8 Å². The molecule has 2 rings (SSSR count). The number of hydrogen-bond acceptors (Lipinski definition) is 8. The first kappa shape index (κ1) is 21.7. The van der Waals surface area contributed by atoms with E-state index in [9.17, 15) is 25.3 Å². The molecule has 0 atom stereocenters. The van der Waals surface area contributed by atoms with E-state index < -0.39 is 10.8 Å². The number of carbonyl (C=O) groups excluding carboxylic acids is 1. The molecule has 0 heterocycles. The van der Waals surface area contributed by atoms with Gasteiger partial charge < -0.3 is 15.3 Å². The molecular weight excluding hydrogens is 400 g/mol. The molecule has 2 aromatic rings. The van der Waals surface area contributed by atoms with Gasteiger partial charge in [0.2, 0.25) is 5.91 Å². The number of nitriles is 1. The molecule has 0 saturated carbocycles. The zero-order chi connectivity index (χ0) is 21.4. The number of anilines is 2. The number of hydrogen-bond donors (Lipinski definition) is 2. The van der Waals surface area contributed by atoms with E-state index in [1.807, 2.05) is 13.0 Å². The maximum Gasteiger partial charge on any atom is 0.270 e. The van der Waals surface area contributed by atoms with Crippen molar-refractivity contribution in [1.29, 1.82) is 5.26 Å². The predicted molar refractivity (Wildman–Crippen MR) is 108 cm³/mol. The van der Waals surface area contributed by atoms with E-state index in [4.69, 9.17) is 11.6 Å². The Kier molecular flexibility index (Phi) is 7.59. The molecular formula is C18H17ClN6O4. The van der Waals surface area contributed by atoms with Gasteiger partial charge in [0.15, 0.2) is 0 Å². The Morgan fingerprint density at radius 3 is 2.59 bits per heavy atom. The summed E-state index contributed by atoms with van der Waals surface area (Å²) in [6.07, 6.45) is 0. The third kappa shape index (κ3) is 5.47. The zero-order valence-corrected chi connectivity index (χ0v) is 16.1. The molecule has 0 bridgehead atoms. The van der Waals surface area contributed by atoms with Crippen molar-refractivity contribution in [2.75, 3.05) is 29.4 Å². The Bertz CT molecular complexity index is 985. The lowest BCUT2D eigenvalue weighted by Gasteiger charge is -2.21. The Hall–Kier alpha value is -3.55. The van der Waals surface area contributed by atoms with Crippen LogP contribution >= 0.6 is 11.6 Å². The molecule has 0 aliphatic heterocycles. The highest BCUT2D eigenvalue weighted by molar-refractivity contribution is 6.29. The molecule has 1 amide bonds. The number of nitrogens with zero attached hydrogens (tertiary/aromatic N) is 5. The molecule has 0 saturated heterocycles. The summed E-state index contributed by atoms with van der Waals surface area (Å²) in [5, 5.41) is 40.1. The number of alkyl halides is 1. The maximum absolute atomic E-state index is 11.7. The highest BCUT2D eigenvalue weighted by Gasteiger charge is 2.13. The van der Waals surface area contributed by atoms with Gasteiger partial charge in [0, 0.05) is 24.4 Å². The number of nitro benzene ring substituents is 1. The Balaban J connectivity index is 2.44. The van der Waals surface area contributed by atoms with Crippen LogP contribution in [0.1, 0.15) is 12.5 Å². The van der Waals surface area contributed by atoms with Crippen LogP contribution in [0, 0.1) is 21.4 Å². The van der Waals surface area contributed by atoms with Crippen LogP contribution in [-0.4, -0.2) is 35.1 Å². The summed E-state index contributed by atoms with van der Waals surface area (Å²) in [4.78, 5) is 23.6. The summed E-state index contributed by atoms with van der Waals surface area (Å²) < 4.78 is 0. The van der Waals surface area contributed by atoms with E-state index in [-0.39, 0.29) is 35.2 Å². The number of benzene rings is 2. The molecule has 150 valence electrons. The second-order valence-corrected chi connectivity index (χ2v) is 5.92. The summed E-state index contributed by atoms with van der Waals surface area (Å²) in [5.41, 5.74) is 1.13. The first-order valence-electron chi connectivity index (χ1n) is 8.39. The number of nitrogens with one attached hydrogen (secondary N) is 1. The van der Waals surface area contributed by atoms with Crippen molar-refractivity contribution >= 4 is 45.9 Å². The summed E-state index contributed by atoms with van der Waals surface area (Å²) in [5.74, 6) is -0.723. The minimum atomic E-state index is -0.610. The fourth-order valence-corrected chi connectivity index (χ4v) is 2.44. The topological polar surface area (TPSA) is 144 Å². The second kappa shape index (κ2) is 10.1. The molecule has 29 heavy (non-hydrogen) atoms. The van der Waals surface area contributed by atoms with Crippen molar-refractivity contribution in [3.05, 3.63) is 52.1 Å². The van der Waals surface area contributed by atoms with Gasteiger partial charge in [-0.3, -0.25) is 14.9 Å². The van der Waals surface area contributed by atoms with Crippen LogP contribution in [-0.2, 0) is 4.79 Å². The third-order valence-electron chi connectivity index (χ3n) is 3.87. The molecule has 11 heteroatoms. The standard InChI is InChI=1S/C18H17ClN6O4/c1-2-24(11-26)13-3-6-16(17(8-13)21-18(27)9-19)23-22-15-5-4-14(25(28)29)7-12(15)10-20/h3-8,26H,2,9,11H2,1H3,(H,21,27). The fourth-order valence-electron chi connectivity index (χ4n) is 2.38. The van der Waals surface area contributed by atoms with E-state index in [1.54, 1.807) is 23.1 Å². The number of amides is 1. The lowest BCUT2D eigenvalue weighted by Crippen LogP contribution is -2.23. The van der Waals surface area contributed by atoms with Crippen molar-refractivity contribution in [2.45, 2.75) is 6.92 Å². The molecule has 10 nitrogen and oxygen atoms in total. The molecule has 0 aliphatic carbocycles. The van der Waals surface area contributed by atoms with Gasteiger partial charge in [0.05, 0.1) is 16.2 Å². The van der Waals surface area contributed by atoms with Gasteiger partial charge in [0.25, 0.3) is 5.69 Å². The summed E-state index contributed by atoms with van der Waals surface area (Å²) in [6.45, 7) is 2.18. The van der Waals surface area contributed by atoms with Gasteiger partial charge >= 0.3 is 0 Å². The molecule has 0 aliphatic rings. The first-order chi connectivity index (χ1) is 13.9. The largest absolute Gasteiger partial charge is 0.376 e. The normalized spacial score (nSPS) is 10.6. The van der Waals surface area contributed by atoms with Crippen LogP contribution in [0.3, 0.4) is 0 Å². The summed E-state index contributed by atoms with van der Waals surface area (Å²) >= 11 is 5.56. The van der Waals surface area contributed by atoms with E-state index in [0.29, 0.717) is 17.9 Å². The highest BCUT2D eigenvalue weighted by Crippen LogP contribution is 2.32. The van der Waals surface area contributed by atoms with Crippen LogP contribution < -0.4 is 10.2 Å². The smallest absolute Gasteiger partial charge is 0.270 e. The first-order valence-corrected chi connectivity index (χ1v) is 8.92. The number of azo groups is 1. The van der Waals surface area contributed by atoms with Gasteiger partial charge in [-0.2, -0.15) is 5.26 Å².